The zero-order valence-corrected chi connectivity index (χ0v) is 20.3. The van der Waals surface area contributed by atoms with Gasteiger partial charge < -0.3 is 14.2 Å². The van der Waals surface area contributed by atoms with E-state index in [-0.39, 0.29) is 23.5 Å². The van der Waals surface area contributed by atoms with Crippen LogP contribution in [-0.2, 0) is 22.5 Å². The molecule has 3 heterocycles. The fourth-order valence-corrected chi connectivity index (χ4v) is 5.60. The molecule has 176 valence electrons. The lowest BCUT2D eigenvalue weighted by Crippen LogP contribution is -2.52. The second kappa shape index (κ2) is 8.24. The maximum atomic E-state index is 12.3. The molecule has 0 N–H and O–H groups in total. The summed E-state index contributed by atoms with van der Waals surface area (Å²) in [7, 11) is 5.60. The van der Waals surface area contributed by atoms with Crippen molar-refractivity contribution in [3.05, 3.63) is 41.6 Å². The number of hydrogen-bond acceptors (Lipinski definition) is 6. The third kappa shape index (κ3) is 3.64. The van der Waals surface area contributed by atoms with Crippen LogP contribution in [0.2, 0.25) is 0 Å². The van der Waals surface area contributed by atoms with Crippen LogP contribution in [0.5, 0.6) is 0 Å². The number of ether oxygens (including phenoxy) is 1. The van der Waals surface area contributed by atoms with E-state index >= 15 is 0 Å². The zero-order valence-electron chi connectivity index (χ0n) is 20.3. The van der Waals surface area contributed by atoms with Crippen molar-refractivity contribution < 1.29 is 9.53 Å². The Kier molecular flexibility index (Phi) is 5.51. The average molecular weight is 451 g/mol. The van der Waals surface area contributed by atoms with Crippen molar-refractivity contribution in [2.24, 2.45) is 16.9 Å². The fourth-order valence-electron chi connectivity index (χ4n) is 5.60. The third-order valence-corrected chi connectivity index (χ3v) is 7.85. The molecule has 1 aromatic rings. The number of hydrogen-bond donors (Lipinski definition) is 0. The molecule has 2 aliphatic carbocycles. The van der Waals surface area contributed by atoms with Crippen molar-refractivity contribution in [2.45, 2.75) is 64.1 Å². The lowest BCUT2D eigenvalue weighted by Gasteiger charge is -2.45. The minimum absolute atomic E-state index is 0.0934. The van der Waals surface area contributed by atoms with E-state index in [1.54, 1.807) is 14.2 Å². The van der Waals surface area contributed by atoms with Gasteiger partial charge in [-0.25, -0.2) is 5.01 Å². The normalized spacial score (nSPS) is 31.4. The van der Waals surface area contributed by atoms with Gasteiger partial charge in [0, 0.05) is 45.4 Å². The van der Waals surface area contributed by atoms with E-state index in [1.165, 1.54) is 17.1 Å². The van der Waals surface area contributed by atoms with Gasteiger partial charge in [-0.1, -0.05) is 19.1 Å². The standard InChI is InChI=1S/C25H34N6O2/c1-16-7-6-12-31-22(13-16)26-27-23(31)17-10-11-25(2,21(14-17)33-5)29(3)18-8-9-19-20(15-18)28-30(4)24(19)32/h10-11,14-16,19,21H,6-9,12-13H2,1-5H3. The Morgan fingerprint density at radius 1 is 1.27 bits per heavy atom. The zero-order chi connectivity index (χ0) is 23.3. The van der Waals surface area contributed by atoms with Crippen LogP contribution in [0.25, 0.3) is 5.57 Å². The van der Waals surface area contributed by atoms with E-state index < -0.39 is 0 Å². The smallest absolute Gasteiger partial charge is 0.251 e. The number of aromatic nitrogens is 3. The topological polar surface area (TPSA) is 75.9 Å². The number of carbonyl (C=O) groups excluding carboxylic acids is 1. The first-order chi connectivity index (χ1) is 15.8. The van der Waals surface area contributed by atoms with E-state index in [4.69, 9.17) is 4.74 Å². The molecule has 0 bridgehead atoms. The Hall–Kier alpha value is -2.74. The minimum atomic E-state index is -0.373. The van der Waals surface area contributed by atoms with Crippen molar-refractivity contribution in [1.82, 2.24) is 24.7 Å². The Morgan fingerprint density at radius 2 is 2.09 bits per heavy atom. The van der Waals surface area contributed by atoms with Gasteiger partial charge in [0.2, 0.25) is 0 Å². The number of allylic oxidation sites excluding steroid dienone is 4. The molecular weight excluding hydrogens is 416 g/mol. The molecule has 0 spiro atoms. The SMILES string of the molecule is COC1C=C(c2nnc3n2CCCC(C)C3)C=CC1(C)N(C)C1=CC2=NN(C)C(=O)C2CC1. The third-order valence-electron chi connectivity index (χ3n) is 7.85. The highest BCUT2D eigenvalue weighted by molar-refractivity contribution is 6.13. The number of amides is 1. The molecule has 0 aromatic carbocycles. The molecule has 33 heavy (non-hydrogen) atoms. The van der Waals surface area contributed by atoms with Gasteiger partial charge in [0.1, 0.15) is 11.9 Å². The first kappa shape index (κ1) is 22.1. The van der Waals surface area contributed by atoms with Gasteiger partial charge in [-0.3, -0.25) is 4.79 Å². The molecule has 5 rings (SSSR count). The van der Waals surface area contributed by atoms with Gasteiger partial charge in [0.05, 0.1) is 17.2 Å². The number of carbonyl (C=O) groups is 1. The summed E-state index contributed by atoms with van der Waals surface area (Å²) in [6.45, 7) is 5.45. The molecule has 0 fully saturated rings. The van der Waals surface area contributed by atoms with Gasteiger partial charge in [-0.15, -0.1) is 10.2 Å². The average Bonchev–Trinajstić information content (AvgIpc) is 3.26. The van der Waals surface area contributed by atoms with Crippen molar-refractivity contribution in [2.75, 3.05) is 21.2 Å². The Bertz CT molecular complexity index is 1080. The lowest BCUT2D eigenvalue weighted by atomic mass is 9.83. The number of hydrazone groups is 1. The predicted molar refractivity (Wildman–Crippen MR) is 127 cm³/mol. The van der Waals surface area contributed by atoms with Gasteiger partial charge in [0.25, 0.3) is 5.91 Å². The van der Waals surface area contributed by atoms with Crippen molar-refractivity contribution in [3.8, 4) is 0 Å². The van der Waals surface area contributed by atoms with Crippen LogP contribution >= 0.6 is 0 Å². The summed E-state index contributed by atoms with van der Waals surface area (Å²) in [6.07, 6.45) is 13.5. The largest absolute Gasteiger partial charge is 0.375 e. The van der Waals surface area contributed by atoms with E-state index in [2.05, 4.69) is 70.0 Å². The Labute approximate surface area is 195 Å². The molecule has 8 heteroatoms. The van der Waals surface area contributed by atoms with Gasteiger partial charge in [-0.05, 0) is 50.7 Å². The van der Waals surface area contributed by atoms with Crippen LogP contribution in [0.15, 0.2) is 35.1 Å². The molecule has 4 atom stereocenters. The van der Waals surface area contributed by atoms with Crippen LogP contribution in [0, 0.1) is 11.8 Å². The van der Waals surface area contributed by atoms with E-state index in [0.29, 0.717) is 5.92 Å². The summed E-state index contributed by atoms with van der Waals surface area (Å²) in [6, 6.07) is 0. The van der Waals surface area contributed by atoms with Gasteiger partial charge in [0.15, 0.2) is 5.82 Å². The van der Waals surface area contributed by atoms with Crippen LogP contribution in [0.3, 0.4) is 0 Å². The van der Waals surface area contributed by atoms with E-state index in [0.717, 1.165) is 55.2 Å². The number of likely N-dealkylation sites (N-methyl/N-ethyl adjacent to an activating group) is 1. The molecule has 0 saturated carbocycles. The number of methoxy groups -OCH3 is 1. The predicted octanol–water partition coefficient (Wildman–Crippen LogP) is 3.03. The number of fused-ring (bicyclic) bond motifs is 2. The molecular formula is C25H34N6O2. The minimum Gasteiger partial charge on any atom is -0.375 e. The lowest BCUT2D eigenvalue weighted by molar-refractivity contribution is -0.130. The number of nitrogens with zero attached hydrogens (tertiary/aromatic N) is 6. The summed E-state index contributed by atoms with van der Waals surface area (Å²) in [5.41, 5.74) is 2.72. The highest BCUT2D eigenvalue weighted by Crippen LogP contribution is 2.38. The Morgan fingerprint density at radius 3 is 2.88 bits per heavy atom. The van der Waals surface area contributed by atoms with E-state index in [9.17, 15) is 4.79 Å². The highest BCUT2D eigenvalue weighted by atomic mass is 16.5. The molecule has 1 aromatic heterocycles. The Balaban J connectivity index is 1.42. The van der Waals surface area contributed by atoms with Gasteiger partial charge >= 0.3 is 0 Å². The maximum absolute atomic E-state index is 12.3. The fraction of sp³-hybridized carbons (Fsp3) is 0.600. The first-order valence-electron chi connectivity index (χ1n) is 12.0. The van der Waals surface area contributed by atoms with E-state index in [1.807, 2.05) is 0 Å². The first-order valence-corrected chi connectivity index (χ1v) is 12.0. The summed E-state index contributed by atoms with van der Waals surface area (Å²) in [5, 5.41) is 15.0. The van der Waals surface area contributed by atoms with Crippen molar-refractivity contribution in [3.63, 3.8) is 0 Å². The monoisotopic (exact) mass is 450 g/mol. The summed E-state index contributed by atoms with van der Waals surface area (Å²) in [5.74, 6) is 2.66. The summed E-state index contributed by atoms with van der Waals surface area (Å²) >= 11 is 0. The van der Waals surface area contributed by atoms with Gasteiger partial charge in [-0.2, -0.15) is 5.10 Å². The molecule has 0 radical (unpaired) electrons. The van der Waals surface area contributed by atoms with Crippen LogP contribution in [0.1, 0.15) is 51.2 Å². The quantitative estimate of drug-likeness (QED) is 0.705. The van der Waals surface area contributed by atoms with Crippen molar-refractivity contribution >= 4 is 17.2 Å². The molecule has 0 saturated heterocycles. The second-order valence-corrected chi connectivity index (χ2v) is 10.1. The van der Waals surface area contributed by atoms with Crippen molar-refractivity contribution in [1.29, 1.82) is 0 Å². The maximum Gasteiger partial charge on any atom is 0.251 e. The van der Waals surface area contributed by atoms with Crippen LogP contribution in [-0.4, -0.2) is 69.1 Å². The summed E-state index contributed by atoms with van der Waals surface area (Å²) in [4.78, 5) is 14.6. The molecule has 4 unspecified atom stereocenters. The molecule has 8 nitrogen and oxygen atoms in total. The highest BCUT2D eigenvalue weighted by Gasteiger charge is 2.42. The molecule has 4 aliphatic rings. The summed E-state index contributed by atoms with van der Waals surface area (Å²) < 4.78 is 8.29. The molecule has 2 aliphatic heterocycles. The molecule has 1 amide bonds. The van der Waals surface area contributed by atoms with Crippen LogP contribution in [0.4, 0.5) is 0 Å². The second-order valence-electron chi connectivity index (χ2n) is 10.1. The van der Waals surface area contributed by atoms with Crippen LogP contribution < -0.4 is 0 Å². The number of rotatable bonds is 4.